The summed E-state index contributed by atoms with van der Waals surface area (Å²) in [4.78, 5) is 4.17. The molecule has 5 atom stereocenters. The van der Waals surface area contributed by atoms with Crippen LogP contribution >= 0.6 is 0 Å². The first kappa shape index (κ1) is 14.1. The third-order valence-electron chi connectivity index (χ3n) is 5.02. The molecule has 0 bridgehead atoms. The molecular weight excluding hydrogens is 299 g/mol. The van der Waals surface area contributed by atoms with Crippen molar-refractivity contribution in [2.75, 3.05) is 6.61 Å². The van der Waals surface area contributed by atoms with Crippen LogP contribution in [0.5, 0.6) is 0 Å². The zero-order valence-corrected chi connectivity index (χ0v) is 12.3. The lowest BCUT2D eigenvalue weighted by Crippen LogP contribution is -2.39. The maximum atomic E-state index is 14.3. The summed E-state index contributed by atoms with van der Waals surface area (Å²) >= 11 is 0. The molecule has 2 heterocycles. The van der Waals surface area contributed by atoms with Gasteiger partial charge in [-0.3, -0.25) is 0 Å². The number of ether oxygens (including phenoxy) is 2. The number of hydrogen-bond donors (Lipinski definition) is 1. The molecule has 6 nitrogen and oxygen atoms in total. The zero-order valence-electron chi connectivity index (χ0n) is 12.3. The lowest BCUT2D eigenvalue weighted by atomic mass is 9.94. The quantitative estimate of drug-likeness (QED) is 0.844. The van der Waals surface area contributed by atoms with Crippen LogP contribution in [-0.2, 0) is 9.47 Å². The third kappa shape index (κ3) is 1.28. The summed E-state index contributed by atoms with van der Waals surface area (Å²) in [5.41, 5.74) is 3.33. The van der Waals surface area contributed by atoms with Gasteiger partial charge in [0.2, 0.25) is 0 Å². The minimum absolute atomic E-state index is 0.0381. The highest BCUT2D eigenvalue weighted by atomic mass is 19.1. The number of rotatable bonds is 1. The van der Waals surface area contributed by atoms with Gasteiger partial charge in [-0.2, -0.15) is 10.5 Å². The van der Waals surface area contributed by atoms with Crippen LogP contribution in [0.1, 0.15) is 18.4 Å². The molecular formula is C16H13FN4O2. The Morgan fingerprint density at radius 3 is 2.65 bits per heavy atom. The summed E-state index contributed by atoms with van der Waals surface area (Å²) in [6.07, 6.45) is -0.298. The van der Waals surface area contributed by atoms with E-state index in [0.29, 0.717) is 0 Å². The van der Waals surface area contributed by atoms with Crippen molar-refractivity contribution in [1.29, 1.82) is 10.5 Å². The predicted octanol–water partition coefficient (Wildman–Crippen LogP) is 1.40. The molecule has 1 saturated carbocycles. The standard InChI is InChI=1S/C16H13FN4O2/c1-9-6-22-16(23-9)15(8-19)12(10-4-2-3-5-11(10)17)14(15,7-18)13(20)21-16/h2-5,9,12H,6H2,1H3,(H2,20,21)/t9-,12-,14+,15+,16+/m1/s1. The second-order valence-electron chi connectivity index (χ2n) is 6.11. The Balaban J connectivity index is 1.95. The van der Waals surface area contributed by atoms with Crippen LogP contribution in [0, 0.1) is 39.3 Å². The highest BCUT2D eigenvalue weighted by Crippen LogP contribution is 2.82. The molecule has 1 aliphatic carbocycles. The molecule has 7 heteroatoms. The summed E-state index contributed by atoms with van der Waals surface area (Å²) in [5.74, 6) is -2.96. The highest BCUT2D eigenvalue weighted by molar-refractivity contribution is 6.00. The first-order valence-electron chi connectivity index (χ1n) is 7.23. The van der Waals surface area contributed by atoms with Gasteiger partial charge in [0, 0.05) is 5.92 Å². The number of aliphatic imine (C=N–C) groups is 1. The van der Waals surface area contributed by atoms with Crippen LogP contribution < -0.4 is 5.73 Å². The van der Waals surface area contributed by atoms with Crippen molar-refractivity contribution < 1.29 is 13.9 Å². The van der Waals surface area contributed by atoms with Crippen LogP contribution in [0.3, 0.4) is 0 Å². The fourth-order valence-electron chi connectivity index (χ4n) is 4.04. The molecule has 0 aromatic heterocycles. The average Bonchev–Trinajstić information content (AvgIpc) is 2.91. The van der Waals surface area contributed by atoms with Crippen molar-refractivity contribution >= 4 is 5.84 Å². The van der Waals surface area contributed by atoms with E-state index in [1.807, 2.05) is 0 Å². The smallest absolute Gasteiger partial charge is 0.293 e. The van der Waals surface area contributed by atoms with Crippen molar-refractivity contribution in [3.05, 3.63) is 35.6 Å². The second-order valence-corrected chi connectivity index (χ2v) is 6.11. The number of halogens is 1. The zero-order chi connectivity index (χ0) is 16.5. The Labute approximate surface area is 131 Å². The molecule has 0 amide bonds. The van der Waals surface area contributed by atoms with Crippen LogP contribution in [-0.4, -0.2) is 24.5 Å². The number of hydrogen-bond acceptors (Lipinski definition) is 6. The Bertz CT molecular complexity index is 828. The number of nitrogens with two attached hydrogens (primary N) is 1. The van der Waals surface area contributed by atoms with Gasteiger partial charge >= 0.3 is 0 Å². The first-order valence-corrected chi connectivity index (χ1v) is 7.23. The van der Waals surface area contributed by atoms with E-state index in [2.05, 4.69) is 17.1 Å². The molecule has 1 aromatic carbocycles. The van der Waals surface area contributed by atoms with E-state index >= 15 is 0 Å². The van der Waals surface area contributed by atoms with Crippen molar-refractivity contribution in [2.24, 2.45) is 21.6 Å². The van der Waals surface area contributed by atoms with Gasteiger partial charge in [-0.05, 0) is 18.6 Å². The summed E-state index contributed by atoms with van der Waals surface area (Å²) < 4.78 is 25.7. The predicted molar refractivity (Wildman–Crippen MR) is 76.1 cm³/mol. The maximum absolute atomic E-state index is 14.3. The average molecular weight is 312 g/mol. The van der Waals surface area contributed by atoms with Gasteiger partial charge in [-0.25, -0.2) is 9.38 Å². The normalized spacial score (nSPS) is 43.6. The Morgan fingerprint density at radius 1 is 1.35 bits per heavy atom. The molecule has 1 aromatic rings. The molecule has 4 rings (SSSR count). The summed E-state index contributed by atoms with van der Waals surface area (Å²) in [6, 6.07) is 10.3. The molecule has 3 aliphatic rings. The topological polar surface area (TPSA) is 104 Å². The van der Waals surface area contributed by atoms with E-state index in [1.54, 1.807) is 25.1 Å². The van der Waals surface area contributed by atoms with Gasteiger partial charge in [0.1, 0.15) is 17.1 Å². The SMILES string of the molecule is C[C@@H]1CO[C@]2(N=C(N)[C@]3(C#N)[C@@H](c4ccccc4F)[C@]23C#N)O1. The van der Waals surface area contributed by atoms with E-state index in [1.165, 1.54) is 6.07 Å². The molecule has 1 spiro atoms. The number of benzene rings is 1. The van der Waals surface area contributed by atoms with Crippen LogP contribution in [0.25, 0.3) is 0 Å². The molecule has 0 unspecified atom stereocenters. The number of nitriles is 2. The van der Waals surface area contributed by atoms with Gasteiger partial charge in [-0.15, -0.1) is 0 Å². The minimum atomic E-state index is -1.64. The number of fused-ring (bicyclic) bond motifs is 2. The molecule has 0 radical (unpaired) electrons. The van der Waals surface area contributed by atoms with Crippen LogP contribution in [0.4, 0.5) is 4.39 Å². The van der Waals surface area contributed by atoms with Crippen molar-refractivity contribution in [1.82, 2.24) is 0 Å². The van der Waals surface area contributed by atoms with Gasteiger partial charge in [0.25, 0.3) is 5.91 Å². The van der Waals surface area contributed by atoms with Crippen LogP contribution in [0.15, 0.2) is 29.3 Å². The first-order chi connectivity index (χ1) is 11.0. The van der Waals surface area contributed by atoms with Crippen molar-refractivity contribution in [3.8, 4) is 12.1 Å². The molecule has 116 valence electrons. The fourth-order valence-corrected chi connectivity index (χ4v) is 4.04. The van der Waals surface area contributed by atoms with Gasteiger partial charge in [0.05, 0.1) is 24.8 Å². The molecule has 23 heavy (non-hydrogen) atoms. The third-order valence-corrected chi connectivity index (χ3v) is 5.02. The van der Waals surface area contributed by atoms with E-state index in [0.717, 1.165) is 0 Å². The van der Waals surface area contributed by atoms with E-state index in [9.17, 15) is 14.9 Å². The van der Waals surface area contributed by atoms with E-state index in [4.69, 9.17) is 15.2 Å². The monoisotopic (exact) mass is 312 g/mol. The Kier molecular flexibility index (Phi) is 2.51. The molecule has 1 saturated heterocycles. The van der Waals surface area contributed by atoms with Crippen molar-refractivity contribution in [2.45, 2.75) is 24.9 Å². The lowest BCUT2D eigenvalue weighted by Gasteiger charge is -2.26. The molecule has 2 fully saturated rings. The summed E-state index contributed by atoms with van der Waals surface area (Å²) in [6.45, 7) is 2.00. The van der Waals surface area contributed by atoms with Crippen molar-refractivity contribution in [3.63, 3.8) is 0 Å². The second kappa shape index (κ2) is 4.08. The number of amidine groups is 1. The van der Waals surface area contributed by atoms with E-state index in [-0.39, 0.29) is 24.1 Å². The number of nitrogens with zero attached hydrogens (tertiary/aromatic N) is 3. The maximum Gasteiger partial charge on any atom is 0.293 e. The van der Waals surface area contributed by atoms with Crippen LogP contribution in [0.2, 0.25) is 0 Å². The largest absolute Gasteiger partial charge is 0.386 e. The minimum Gasteiger partial charge on any atom is -0.386 e. The molecule has 2 aliphatic heterocycles. The van der Waals surface area contributed by atoms with Gasteiger partial charge in [0.15, 0.2) is 5.41 Å². The molecule has 2 N–H and O–H groups in total. The highest BCUT2D eigenvalue weighted by Gasteiger charge is 2.94. The van der Waals surface area contributed by atoms with E-state index < -0.39 is 28.5 Å². The van der Waals surface area contributed by atoms with Gasteiger partial charge in [-0.1, -0.05) is 18.2 Å². The Morgan fingerprint density at radius 2 is 2.09 bits per heavy atom. The summed E-state index contributed by atoms with van der Waals surface area (Å²) in [7, 11) is 0. The lowest BCUT2D eigenvalue weighted by molar-refractivity contribution is -0.193. The Hall–Kier alpha value is -2.48. The summed E-state index contributed by atoms with van der Waals surface area (Å²) in [5, 5.41) is 19.7. The van der Waals surface area contributed by atoms with Gasteiger partial charge < -0.3 is 15.2 Å². The fraction of sp³-hybridized carbons (Fsp3) is 0.438.